The quantitative estimate of drug-likeness (QED) is 0.336. The minimum Gasteiger partial charge on any atom is -0.598 e. The van der Waals surface area contributed by atoms with E-state index in [4.69, 9.17) is 14.4 Å². The Balaban J connectivity index is 0. The van der Waals surface area contributed by atoms with Gasteiger partial charge in [0.2, 0.25) is 0 Å². The van der Waals surface area contributed by atoms with Crippen LogP contribution in [0.25, 0.3) is 0 Å². The van der Waals surface area contributed by atoms with Crippen molar-refractivity contribution in [3.8, 4) is 0 Å². The third kappa shape index (κ3) is 72.4. The maximum Gasteiger partial charge on any atom is 2.00 e. The van der Waals surface area contributed by atoms with Crippen molar-refractivity contribution in [3.05, 3.63) is 0 Å². The van der Waals surface area contributed by atoms with Crippen molar-refractivity contribution < 1.29 is 34.8 Å². The maximum absolute atomic E-state index is 8.48. The first kappa shape index (κ1) is 9.19. The first-order valence-electron chi connectivity index (χ1n) is 0.548. The largest absolute Gasteiger partial charge is 2.00 e. The minimum atomic E-state index is -3.37. The summed E-state index contributed by atoms with van der Waals surface area (Å²) in [5, 5.41) is 0. The van der Waals surface area contributed by atoms with Gasteiger partial charge in [-0.05, 0) is 0 Å². The van der Waals surface area contributed by atoms with Crippen molar-refractivity contribution >= 4 is 8.25 Å². The molecule has 0 aliphatic rings. The third-order valence-electron chi connectivity index (χ3n) is 0. The summed E-state index contributed by atoms with van der Waals surface area (Å²) in [6.45, 7) is 0. The summed E-state index contributed by atoms with van der Waals surface area (Å²) >= 11 is 0. The van der Waals surface area contributed by atoms with Gasteiger partial charge in [0.05, 0.1) is 0 Å². The molecule has 0 aromatic carbocycles. The first-order chi connectivity index (χ1) is 1.73. The van der Waals surface area contributed by atoms with Gasteiger partial charge in [-0.1, -0.05) is 4.57 Å². The van der Waals surface area contributed by atoms with Crippen LogP contribution in [0, 0.1) is 0 Å². The van der Waals surface area contributed by atoms with Gasteiger partial charge in [0.15, 0.2) is 0 Å². The number of rotatable bonds is 0. The van der Waals surface area contributed by atoms with E-state index in [0.29, 0.717) is 0 Å². The summed E-state index contributed by atoms with van der Waals surface area (Å²) in [7, 11) is -3.37. The molecule has 0 heterocycles. The summed E-state index contributed by atoms with van der Waals surface area (Å²) in [6, 6.07) is 0. The Morgan fingerprint density at radius 1 is 1.40 bits per heavy atom. The van der Waals surface area contributed by atoms with Gasteiger partial charge in [-0.25, -0.2) is 0 Å². The van der Waals surface area contributed by atoms with Crippen LogP contribution in [0.2, 0.25) is 0 Å². The van der Waals surface area contributed by atoms with Crippen LogP contribution in [0.4, 0.5) is 0 Å². The minimum absolute atomic E-state index is 0. The van der Waals surface area contributed by atoms with Gasteiger partial charge in [0.25, 0.3) is 8.25 Å². The molecule has 0 aliphatic carbocycles. The Bertz CT molecular complexity index is 29.9. The standard InChI is InChI=1S/HO3P.Pd/c1-4(2)3;/h(H,1,2,3);/q;+2/p-1. The Kier molecular flexibility index (Phi) is 8.60. The summed E-state index contributed by atoms with van der Waals surface area (Å²) in [5.41, 5.74) is 0. The molecule has 0 N–H and O–H groups in total. The van der Waals surface area contributed by atoms with Crippen molar-refractivity contribution in [1.29, 1.82) is 0 Å². The molecule has 0 spiro atoms. The van der Waals surface area contributed by atoms with E-state index in [1.165, 1.54) is 0 Å². The van der Waals surface area contributed by atoms with E-state index in [2.05, 4.69) is 0 Å². The molecule has 5 heteroatoms. The predicted octanol–water partition coefficient (Wildman–Crippen LogP) is -1.64. The van der Waals surface area contributed by atoms with Crippen molar-refractivity contribution in [2.45, 2.75) is 0 Å². The van der Waals surface area contributed by atoms with Gasteiger partial charge >= 0.3 is 20.4 Å². The SMILES string of the molecule is O=[P+]([O-])[O-].[Pd+2]. The predicted molar refractivity (Wildman–Crippen MR) is 7.61 cm³/mol. The Morgan fingerprint density at radius 3 is 1.40 bits per heavy atom. The zero-order chi connectivity index (χ0) is 3.58. The van der Waals surface area contributed by atoms with Gasteiger partial charge in [-0.15, -0.1) is 0 Å². The van der Waals surface area contributed by atoms with Crippen molar-refractivity contribution in [2.75, 3.05) is 0 Å². The van der Waals surface area contributed by atoms with Crippen molar-refractivity contribution in [3.63, 3.8) is 0 Å². The molecule has 0 aliphatic heterocycles. The van der Waals surface area contributed by atoms with E-state index in [0.717, 1.165) is 0 Å². The number of hydrogen-bond acceptors (Lipinski definition) is 3. The molecule has 3 nitrogen and oxygen atoms in total. The topological polar surface area (TPSA) is 63.2 Å². The van der Waals surface area contributed by atoms with Crippen LogP contribution in [0.3, 0.4) is 0 Å². The van der Waals surface area contributed by atoms with Crippen LogP contribution < -0.4 is 9.79 Å². The smallest absolute Gasteiger partial charge is 0.598 e. The van der Waals surface area contributed by atoms with Gasteiger partial charge < -0.3 is 9.79 Å². The Morgan fingerprint density at radius 2 is 1.40 bits per heavy atom. The second kappa shape index (κ2) is 4.68. The normalized spacial score (nSPS) is 5.20. The zero-order valence-corrected chi connectivity index (χ0v) is 4.44. The van der Waals surface area contributed by atoms with E-state index >= 15 is 0 Å². The molecular weight excluding hydrogens is 185 g/mol. The summed E-state index contributed by atoms with van der Waals surface area (Å²) < 4.78 is 8.48. The molecule has 0 atom stereocenters. The molecule has 0 fully saturated rings. The van der Waals surface area contributed by atoms with E-state index < -0.39 is 8.25 Å². The van der Waals surface area contributed by atoms with Crippen LogP contribution >= 0.6 is 8.25 Å². The average Bonchev–Trinajstić information content (AvgIpc) is 0.811. The van der Waals surface area contributed by atoms with E-state index in [-0.39, 0.29) is 20.4 Å². The summed E-state index contributed by atoms with van der Waals surface area (Å²) in [6.07, 6.45) is 0. The average molecular weight is 185 g/mol. The summed E-state index contributed by atoms with van der Waals surface area (Å²) in [4.78, 5) is 17.0. The van der Waals surface area contributed by atoms with Gasteiger partial charge in [0, 0.05) is 0 Å². The second-order valence-corrected chi connectivity index (χ2v) is 0.671. The van der Waals surface area contributed by atoms with Gasteiger partial charge in [0.1, 0.15) is 0 Å². The molecule has 0 radical (unpaired) electrons. The number of hydrogen-bond donors (Lipinski definition) is 0. The fourth-order valence-corrected chi connectivity index (χ4v) is 0. The molecular formula is O3PPd+. The molecule has 0 amide bonds. The monoisotopic (exact) mass is 185 g/mol. The van der Waals surface area contributed by atoms with Gasteiger partial charge in [-0.3, -0.25) is 0 Å². The van der Waals surface area contributed by atoms with Crippen molar-refractivity contribution in [1.82, 2.24) is 0 Å². The fraction of sp³-hybridized carbons (Fsp3) is 0. The maximum atomic E-state index is 8.48. The molecule has 0 unspecified atom stereocenters. The molecule has 0 rings (SSSR count). The Labute approximate surface area is 43.6 Å². The van der Waals surface area contributed by atoms with Crippen LogP contribution in [0.5, 0.6) is 0 Å². The van der Waals surface area contributed by atoms with Crippen LogP contribution in [-0.2, 0) is 25.0 Å². The molecule has 0 bridgehead atoms. The van der Waals surface area contributed by atoms with E-state index in [1.807, 2.05) is 0 Å². The molecule has 32 valence electrons. The molecule has 5 heavy (non-hydrogen) atoms. The van der Waals surface area contributed by atoms with Crippen LogP contribution in [-0.4, -0.2) is 0 Å². The summed E-state index contributed by atoms with van der Waals surface area (Å²) in [5.74, 6) is 0. The third-order valence-corrected chi connectivity index (χ3v) is 0. The zero-order valence-electron chi connectivity index (χ0n) is 1.99. The van der Waals surface area contributed by atoms with E-state index in [9.17, 15) is 0 Å². The fourth-order valence-electron chi connectivity index (χ4n) is 0. The van der Waals surface area contributed by atoms with Crippen LogP contribution in [0.15, 0.2) is 0 Å². The molecule has 0 saturated heterocycles. The molecule has 0 saturated carbocycles. The Hall–Kier alpha value is 0.682. The van der Waals surface area contributed by atoms with E-state index in [1.54, 1.807) is 0 Å². The van der Waals surface area contributed by atoms with Gasteiger partial charge in [-0.2, -0.15) is 0 Å². The van der Waals surface area contributed by atoms with Crippen LogP contribution in [0.1, 0.15) is 0 Å². The molecule has 0 aromatic rings. The molecule has 0 aromatic heterocycles. The first-order valence-corrected chi connectivity index (χ1v) is 1.64. The second-order valence-electron chi connectivity index (χ2n) is 0.224. The van der Waals surface area contributed by atoms with Crippen molar-refractivity contribution in [2.24, 2.45) is 0 Å².